The van der Waals surface area contributed by atoms with Crippen molar-refractivity contribution in [2.75, 3.05) is 19.6 Å². The molecule has 1 amide bonds. The van der Waals surface area contributed by atoms with Crippen molar-refractivity contribution < 1.29 is 4.79 Å². The molecule has 0 bridgehead atoms. The van der Waals surface area contributed by atoms with Gasteiger partial charge in [0, 0.05) is 12.5 Å². The monoisotopic (exact) mass is 286 g/mol. The summed E-state index contributed by atoms with van der Waals surface area (Å²) in [7, 11) is 0. The largest absolute Gasteiger partial charge is 0.356 e. The average Bonchev–Trinajstić information content (AvgIpc) is 2.39. The van der Waals surface area contributed by atoms with Crippen LogP contribution in [0.25, 0.3) is 0 Å². The van der Waals surface area contributed by atoms with Gasteiger partial charge in [-0.25, -0.2) is 0 Å². The van der Waals surface area contributed by atoms with Crippen LogP contribution in [0.3, 0.4) is 0 Å². The third-order valence-corrected chi connectivity index (χ3v) is 3.52. The molecule has 1 aliphatic heterocycles. The maximum absolute atomic E-state index is 11.9. The Balaban J connectivity index is 0.00000324. The number of piperidine rings is 1. The number of carbonyl (C=O) groups is 1. The van der Waals surface area contributed by atoms with Gasteiger partial charge >= 0.3 is 0 Å². The van der Waals surface area contributed by atoms with Crippen LogP contribution in [0.15, 0.2) is 25.3 Å². The van der Waals surface area contributed by atoms with Crippen molar-refractivity contribution in [1.82, 2.24) is 10.6 Å². The highest BCUT2D eigenvalue weighted by Gasteiger charge is 2.16. The molecule has 1 atom stereocenters. The number of hydrogen-bond donors (Lipinski definition) is 2. The van der Waals surface area contributed by atoms with Gasteiger partial charge in [0.05, 0.1) is 0 Å². The number of halogens is 1. The molecule has 0 saturated carbocycles. The van der Waals surface area contributed by atoms with E-state index in [4.69, 9.17) is 0 Å². The van der Waals surface area contributed by atoms with E-state index in [1.807, 2.05) is 0 Å². The summed E-state index contributed by atoms with van der Waals surface area (Å²) in [6, 6.07) is 0. The van der Waals surface area contributed by atoms with E-state index >= 15 is 0 Å². The summed E-state index contributed by atoms with van der Waals surface area (Å²) in [5, 5.41) is 6.43. The third-order valence-electron chi connectivity index (χ3n) is 3.52. The lowest BCUT2D eigenvalue weighted by molar-refractivity contribution is -0.124. The molecule has 0 radical (unpaired) electrons. The smallest absolute Gasteiger partial charge is 0.223 e. The molecule has 0 aromatic carbocycles. The van der Waals surface area contributed by atoms with Gasteiger partial charge in [0.25, 0.3) is 0 Å². The van der Waals surface area contributed by atoms with Crippen molar-refractivity contribution in [1.29, 1.82) is 0 Å². The molecule has 110 valence electrons. The minimum Gasteiger partial charge on any atom is -0.356 e. The van der Waals surface area contributed by atoms with Crippen LogP contribution in [0, 0.1) is 11.8 Å². The molecule has 3 nitrogen and oxygen atoms in total. The van der Waals surface area contributed by atoms with Gasteiger partial charge in [-0.1, -0.05) is 12.2 Å². The fraction of sp³-hybridized carbons (Fsp3) is 0.667. The molecule has 1 aliphatic rings. The highest BCUT2D eigenvalue weighted by molar-refractivity contribution is 5.85. The standard InChI is InChI=1S/C15H26N2O.ClH/c1-3-6-14(7-4-2)15(18)17-11-9-13-8-5-10-16-12-13;/h3-4,13-14,16H,1-2,5-12H2,(H,17,18);1H. The molecule has 0 spiro atoms. The van der Waals surface area contributed by atoms with E-state index in [2.05, 4.69) is 23.8 Å². The van der Waals surface area contributed by atoms with Crippen molar-refractivity contribution in [3.8, 4) is 0 Å². The van der Waals surface area contributed by atoms with E-state index in [9.17, 15) is 4.79 Å². The molecule has 1 fully saturated rings. The summed E-state index contributed by atoms with van der Waals surface area (Å²) < 4.78 is 0. The maximum Gasteiger partial charge on any atom is 0.223 e. The predicted molar refractivity (Wildman–Crippen MR) is 83.6 cm³/mol. The normalized spacial score (nSPS) is 18.5. The van der Waals surface area contributed by atoms with E-state index in [1.54, 1.807) is 12.2 Å². The first-order valence-electron chi connectivity index (χ1n) is 6.98. The first kappa shape index (κ1) is 18.2. The summed E-state index contributed by atoms with van der Waals surface area (Å²) in [5.41, 5.74) is 0. The minimum absolute atomic E-state index is 0. The Labute approximate surface area is 123 Å². The quantitative estimate of drug-likeness (QED) is 0.674. The Morgan fingerprint density at radius 1 is 1.37 bits per heavy atom. The Bertz CT molecular complexity index is 265. The number of amides is 1. The number of hydrogen-bond acceptors (Lipinski definition) is 2. The molecule has 0 aromatic rings. The molecule has 0 aromatic heterocycles. The topological polar surface area (TPSA) is 41.1 Å². The maximum atomic E-state index is 11.9. The lowest BCUT2D eigenvalue weighted by atomic mass is 9.96. The van der Waals surface area contributed by atoms with E-state index in [0.717, 1.165) is 44.8 Å². The van der Waals surface area contributed by atoms with Gasteiger partial charge in [-0.15, -0.1) is 25.6 Å². The number of carbonyl (C=O) groups excluding carboxylic acids is 1. The number of rotatable bonds is 8. The third kappa shape index (κ3) is 7.38. The van der Waals surface area contributed by atoms with Crippen molar-refractivity contribution in [2.24, 2.45) is 11.8 Å². The van der Waals surface area contributed by atoms with Gasteiger partial charge in [0.2, 0.25) is 5.91 Å². The lowest BCUT2D eigenvalue weighted by Crippen LogP contribution is -2.35. The molecule has 4 heteroatoms. The second-order valence-electron chi connectivity index (χ2n) is 5.04. The van der Waals surface area contributed by atoms with Crippen LogP contribution in [-0.2, 0) is 4.79 Å². The Morgan fingerprint density at radius 2 is 2.05 bits per heavy atom. The van der Waals surface area contributed by atoms with Crippen LogP contribution in [0.1, 0.15) is 32.1 Å². The van der Waals surface area contributed by atoms with E-state index in [1.165, 1.54) is 12.8 Å². The molecule has 1 heterocycles. The van der Waals surface area contributed by atoms with Gasteiger partial charge in [-0.3, -0.25) is 4.79 Å². The van der Waals surface area contributed by atoms with Crippen LogP contribution in [-0.4, -0.2) is 25.5 Å². The molecule has 2 N–H and O–H groups in total. The molecule has 19 heavy (non-hydrogen) atoms. The summed E-state index contributed by atoms with van der Waals surface area (Å²) in [6.45, 7) is 10.4. The molecule has 0 aliphatic carbocycles. The van der Waals surface area contributed by atoms with Gasteiger partial charge < -0.3 is 10.6 Å². The molecular weight excluding hydrogens is 260 g/mol. The second-order valence-corrected chi connectivity index (χ2v) is 5.04. The Kier molecular flexibility index (Phi) is 10.6. The van der Waals surface area contributed by atoms with Gasteiger partial charge in [0.1, 0.15) is 0 Å². The average molecular weight is 287 g/mol. The van der Waals surface area contributed by atoms with E-state index in [0.29, 0.717) is 0 Å². The summed E-state index contributed by atoms with van der Waals surface area (Å²) in [5.74, 6) is 0.861. The minimum atomic E-state index is 0. The molecule has 1 saturated heterocycles. The van der Waals surface area contributed by atoms with Crippen molar-refractivity contribution in [3.05, 3.63) is 25.3 Å². The van der Waals surface area contributed by atoms with Gasteiger partial charge in [0.15, 0.2) is 0 Å². The summed E-state index contributed by atoms with van der Waals surface area (Å²) in [4.78, 5) is 11.9. The molecule has 1 rings (SSSR count). The van der Waals surface area contributed by atoms with Crippen LogP contribution in [0.5, 0.6) is 0 Å². The van der Waals surface area contributed by atoms with Gasteiger partial charge in [-0.05, 0) is 51.1 Å². The first-order chi connectivity index (χ1) is 8.77. The highest BCUT2D eigenvalue weighted by Crippen LogP contribution is 2.14. The molecular formula is C15H27ClN2O. The van der Waals surface area contributed by atoms with Crippen LogP contribution in [0.4, 0.5) is 0 Å². The predicted octanol–water partition coefficient (Wildman–Crippen LogP) is 2.68. The lowest BCUT2D eigenvalue weighted by Gasteiger charge is -2.23. The Morgan fingerprint density at radius 3 is 2.58 bits per heavy atom. The van der Waals surface area contributed by atoms with Crippen molar-refractivity contribution in [3.63, 3.8) is 0 Å². The zero-order valence-electron chi connectivity index (χ0n) is 11.7. The summed E-state index contributed by atoms with van der Waals surface area (Å²) in [6.07, 6.45) is 8.68. The molecule has 1 unspecified atom stereocenters. The van der Waals surface area contributed by atoms with E-state index in [-0.39, 0.29) is 24.2 Å². The van der Waals surface area contributed by atoms with Crippen LogP contribution < -0.4 is 10.6 Å². The second kappa shape index (κ2) is 11.1. The first-order valence-corrected chi connectivity index (χ1v) is 6.98. The number of nitrogens with one attached hydrogen (secondary N) is 2. The zero-order chi connectivity index (χ0) is 13.2. The van der Waals surface area contributed by atoms with Crippen molar-refractivity contribution >= 4 is 18.3 Å². The van der Waals surface area contributed by atoms with Gasteiger partial charge in [-0.2, -0.15) is 0 Å². The fourth-order valence-corrected chi connectivity index (χ4v) is 2.43. The number of allylic oxidation sites excluding steroid dienone is 2. The fourth-order valence-electron chi connectivity index (χ4n) is 2.43. The zero-order valence-corrected chi connectivity index (χ0v) is 12.5. The van der Waals surface area contributed by atoms with Crippen LogP contribution >= 0.6 is 12.4 Å². The van der Waals surface area contributed by atoms with Crippen molar-refractivity contribution in [2.45, 2.75) is 32.1 Å². The van der Waals surface area contributed by atoms with E-state index < -0.39 is 0 Å². The SMILES string of the molecule is C=CCC(CC=C)C(=O)NCCC1CCCNC1.Cl. The highest BCUT2D eigenvalue weighted by atomic mass is 35.5. The Hall–Kier alpha value is -0.800. The summed E-state index contributed by atoms with van der Waals surface area (Å²) >= 11 is 0. The van der Waals surface area contributed by atoms with Crippen LogP contribution in [0.2, 0.25) is 0 Å².